The Kier molecular flexibility index (Phi) is 1.73. The summed E-state index contributed by atoms with van der Waals surface area (Å²) < 4.78 is 0. The summed E-state index contributed by atoms with van der Waals surface area (Å²) >= 11 is 0. The molecule has 1 heteroatoms. The van der Waals surface area contributed by atoms with E-state index in [0.717, 1.165) is 24.9 Å². The van der Waals surface area contributed by atoms with Crippen LogP contribution < -0.4 is 0 Å². The van der Waals surface area contributed by atoms with Crippen LogP contribution in [-0.4, -0.2) is 5.71 Å². The van der Waals surface area contributed by atoms with Crippen LogP contribution in [-0.2, 0) is 5.41 Å². The van der Waals surface area contributed by atoms with Crippen molar-refractivity contribution in [2.75, 3.05) is 0 Å². The number of aliphatic imine (C=N–C) groups is 1. The van der Waals surface area contributed by atoms with Gasteiger partial charge in [-0.2, -0.15) is 0 Å². The molecule has 1 nitrogen and oxygen atoms in total. The summed E-state index contributed by atoms with van der Waals surface area (Å²) in [5.74, 6) is 6.47. The molecule has 2 aliphatic rings. The van der Waals surface area contributed by atoms with Gasteiger partial charge in [0.25, 0.3) is 0 Å². The van der Waals surface area contributed by atoms with Crippen molar-refractivity contribution in [1.82, 2.24) is 0 Å². The summed E-state index contributed by atoms with van der Waals surface area (Å²) in [6.07, 6.45) is 2.91. The first-order valence-electron chi connectivity index (χ1n) is 5.44. The molecule has 0 aromatic heterocycles. The topological polar surface area (TPSA) is 12.4 Å². The zero-order chi connectivity index (χ0) is 10.3. The Morgan fingerprint density at radius 1 is 1.27 bits per heavy atom. The number of para-hydroxylation sites is 1. The SMILES string of the molecule is CC12CC#CCCC1=Nc1ccccc12. The number of fused-ring (bicyclic) bond motifs is 3. The van der Waals surface area contributed by atoms with E-state index in [1.165, 1.54) is 11.3 Å². The maximum atomic E-state index is 4.74. The molecule has 0 radical (unpaired) electrons. The molecule has 0 spiro atoms. The molecule has 1 heterocycles. The minimum Gasteiger partial charge on any atom is -0.257 e. The zero-order valence-corrected chi connectivity index (χ0v) is 8.88. The van der Waals surface area contributed by atoms with Gasteiger partial charge in [0.2, 0.25) is 0 Å². The third-order valence-electron chi connectivity index (χ3n) is 3.44. The molecular formula is C14H13N. The third-order valence-corrected chi connectivity index (χ3v) is 3.44. The standard InChI is InChI=1S/C14H13N/c1-14-10-6-2-3-9-13(14)15-12-8-5-4-7-11(12)14/h4-5,7-8H,3,9-10H2,1H3. The van der Waals surface area contributed by atoms with E-state index in [-0.39, 0.29) is 5.41 Å². The molecule has 0 amide bonds. The smallest absolute Gasteiger partial charge is 0.0671 e. The summed E-state index contributed by atoms with van der Waals surface area (Å²) in [4.78, 5) is 4.74. The van der Waals surface area contributed by atoms with Crippen LogP contribution in [0.2, 0.25) is 0 Å². The molecule has 1 aliphatic heterocycles. The van der Waals surface area contributed by atoms with Crippen molar-refractivity contribution in [3.8, 4) is 11.8 Å². The molecule has 0 bridgehead atoms. The quantitative estimate of drug-likeness (QED) is 0.564. The Balaban J connectivity index is 2.19. The van der Waals surface area contributed by atoms with Crippen molar-refractivity contribution in [3.05, 3.63) is 29.8 Å². The number of hydrogen-bond donors (Lipinski definition) is 0. The molecule has 1 aromatic rings. The van der Waals surface area contributed by atoms with E-state index >= 15 is 0 Å². The van der Waals surface area contributed by atoms with Gasteiger partial charge in [-0.05, 0) is 25.0 Å². The molecule has 0 fully saturated rings. The molecule has 0 saturated heterocycles. The minimum absolute atomic E-state index is 0.0834. The van der Waals surface area contributed by atoms with E-state index in [0.29, 0.717) is 0 Å². The summed E-state index contributed by atoms with van der Waals surface area (Å²) in [6.45, 7) is 2.28. The van der Waals surface area contributed by atoms with Crippen LogP contribution in [0.15, 0.2) is 29.3 Å². The molecule has 1 aliphatic carbocycles. The van der Waals surface area contributed by atoms with E-state index < -0.39 is 0 Å². The van der Waals surface area contributed by atoms with Gasteiger partial charge in [0.15, 0.2) is 0 Å². The molecule has 74 valence electrons. The van der Waals surface area contributed by atoms with Gasteiger partial charge in [0.05, 0.1) is 5.69 Å². The molecule has 0 saturated carbocycles. The van der Waals surface area contributed by atoms with E-state index in [4.69, 9.17) is 4.99 Å². The lowest BCUT2D eigenvalue weighted by Gasteiger charge is -2.24. The lowest BCUT2D eigenvalue weighted by Crippen LogP contribution is -2.28. The van der Waals surface area contributed by atoms with Gasteiger partial charge in [0.1, 0.15) is 0 Å². The van der Waals surface area contributed by atoms with Gasteiger partial charge in [-0.1, -0.05) is 18.2 Å². The monoisotopic (exact) mass is 195 g/mol. The first kappa shape index (κ1) is 8.73. The fourth-order valence-electron chi connectivity index (χ4n) is 2.50. The summed E-state index contributed by atoms with van der Waals surface area (Å²) in [5.41, 5.74) is 3.90. The molecule has 15 heavy (non-hydrogen) atoms. The van der Waals surface area contributed by atoms with E-state index in [2.05, 4.69) is 43.0 Å². The predicted octanol–water partition coefficient (Wildman–Crippen LogP) is 3.22. The fourth-order valence-corrected chi connectivity index (χ4v) is 2.50. The van der Waals surface area contributed by atoms with Crippen molar-refractivity contribution in [2.24, 2.45) is 4.99 Å². The highest BCUT2D eigenvalue weighted by molar-refractivity contribution is 6.02. The second kappa shape index (κ2) is 2.97. The van der Waals surface area contributed by atoms with Crippen molar-refractivity contribution in [2.45, 2.75) is 31.6 Å². The third kappa shape index (κ3) is 1.15. The van der Waals surface area contributed by atoms with Crippen LogP contribution in [0.5, 0.6) is 0 Å². The van der Waals surface area contributed by atoms with Gasteiger partial charge in [-0.25, -0.2) is 0 Å². The van der Waals surface area contributed by atoms with Crippen LogP contribution in [0.3, 0.4) is 0 Å². The van der Waals surface area contributed by atoms with Gasteiger partial charge in [-0.15, -0.1) is 11.8 Å². The fraction of sp³-hybridized carbons (Fsp3) is 0.357. The Hall–Kier alpha value is -1.55. The number of nitrogens with zero attached hydrogens (tertiary/aromatic N) is 1. The molecule has 0 N–H and O–H groups in total. The average molecular weight is 195 g/mol. The van der Waals surface area contributed by atoms with Crippen LogP contribution >= 0.6 is 0 Å². The molecule has 1 aromatic carbocycles. The van der Waals surface area contributed by atoms with Crippen molar-refractivity contribution in [3.63, 3.8) is 0 Å². The first-order chi connectivity index (χ1) is 7.31. The molecule has 1 atom stereocenters. The van der Waals surface area contributed by atoms with E-state index in [1.807, 2.05) is 0 Å². The van der Waals surface area contributed by atoms with Crippen molar-refractivity contribution >= 4 is 11.4 Å². The lowest BCUT2D eigenvalue weighted by atomic mass is 9.76. The summed E-state index contributed by atoms with van der Waals surface area (Å²) in [7, 11) is 0. The van der Waals surface area contributed by atoms with Gasteiger partial charge < -0.3 is 0 Å². The second-order valence-electron chi connectivity index (χ2n) is 4.44. The largest absolute Gasteiger partial charge is 0.257 e. The van der Waals surface area contributed by atoms with Crippen LogP contribution in [0.4, 0.5) is 5.69 Å². The van der Waals surface area contributed by atoms with Crippen LogP contribution in [0.25, 0.3) is 0 Å². The Bertz CT molecular complexity index is 502. The Morgan fingerprint density at radius 2 is 2.13 bits per heavy atom. The summed E-state index contributed by atoms with van der Waals surface area (Å²) in [5, 5.41) is 0. The molecule has 3 rings (SSSR count). The predicted molar refractivity (Wildman–Crippen MR) is 62.5 cm³/mol. The highest BCUT2D eigenvalue weighted by Crippen LogP contribution is 2.43. The maximum Gasteiger partial charge on any atom is 0.0671 e. The second-order valence-corrected chi connectivity index (χ2v) is 4.44. The maximum absolute atomic E-state index is 4.74. The highest BCUT2D eigenvalue weighted by atomic mass is 14.8. The van der Waals surface area contributed by atoms with Crippen molar-refractivity contribution < 1.29 is 0 Å². The normalized spacial score (nSPS) is 26.9. The van der Waals surface area contributed by atoms with Gasteiger partial charge in [-0.3, -0.25) is 4.99 Å². The minimum atomic E-state index is 0.0834. The van der Waals surface area contributed by atoms with Crippen molar-refractivity contribution in [1.29, 1.82) is 0 Å². The number of hydrogen-bond acceptors (Lipinski definition) is 1. The molecular weight excluding hydrogens is 182 g/mol. The lowest BCUT2D eigenvalue weighted by molar-refractivity contribution is 0.667. The van der Waals surface area contributed by atoms with Crippen LogP contribution in [0, 0.1) is 11.8 Å². The highest BCUT2D eigenvalue weighted by Gasteiger charge is 2.38. The summed E-state index contributed by atoms with van der Waals surface area (Å²) in [6, 6.07) is 8.46. The molecule has 1 unspecified atom stereocenters. The van der Waals surface area contributed by atoms with E-state index in [9.17, 15) is 0 Å². The average Bonchev–Trinajstić information content (AvgIpc) is 2.41. The van der Waals surface area contributed by atoms with Crippen LogP contribution in [0.1, 0.15) is 31.7 Å². The Labute approximate surface area is 90.2 Å². The van der Waals surface area contributed by atoms with E-state index in [1.54, 1.807) is 0 Å². The van der Waals surface area contributed by atoms with Gasteiger partial charge in [0, 0.05) is 24.0 Å². The first-order valence-corrected chi connectivity index (χ1v) is 5.44. The van der Waals surface area contributed by atoms with Gasteiger partial charge >= 0.3 is 0 Å². The number of benzene rings is 1. The zero-order valence-electron chi connectivity index (χ0n) is 8.88. The number of rotatable bonds is 0. The Morgan fingerprint density at radius 3 is 3.07 bits per heavy atom.